The van der Waals surface area contributed by atoms with Gasteiger partial charge in [-0.15, -0.1) is 0 Å². The Labute approximate surface area is 212 Å². The van der Waals surface area contributed by atoms with Gasteiger partial charge in [-0.2, -0.15) is 0 Å². The van der Waals surface area contributed by atoms with Gasteiger partial charge >= 0.3 is 0 Å². The molecule has 7 heteroatoms. The molecule has 0 fully saturated rings. The third-order valence-corrected chi connectivity index (χ3v) is 6.26. The standard InChI is InChI=1S/C29H32N2O5/c1-4-24-29(33)31(15-14-21-10-12-26(34-2)27(16-21)35-3)19-22-18-23(11-13-25(22)36-24)30-28(32)17-20-8-6-5-7-9-20/h5-13,16,18,24H,4,14-15,17,19H2,1-3H3,(H,30,32). The van der Waals surface area contributed by atoms with Crippen molar-refractivity contribution < 1.29 is 23.8 Å². The molecular weight excluding hydrogens is 456 g/mol. The normalized spacial score (nSPS) is 14.9. The molecule has 188 valence electrons. The van der Waals surface area contributed by atoms with E-state index in [1.165, 1.54) is 0 Å². The van der Waals surface area contributed by atoms with Crippen LogP contribution in [0.4, 0.5) is 5.69 Å². The van der Waals surface area contributed by atoms with Crippen molar-refractivity contribution in [2.24, 2.45) is 0 Å². The number of carbonyl (C=O) groups excluding carboxylic acids is 2. The smallest absolute Gasteiger partial charge is 0.263 e. The molecule has 0 radical (unpaired) electrons. The average molecular weight is 489 g/mol. The Morgan fingerprint density at radius 3 is 2.50 bits per heavy atom. The maximum atomic E-state index is 13.2. The van der Waals surface area contributed by atoms with Crippen molar-refractivity contribution in [2.75, 3.05) is 26.1 Å². The van der Waals surface area contributed by atoms with Crippen LogP contribution in [-0.2, 0) is 29.0 Å². The van der Waals surface area contributed by atoms with Gasteiger partial charge in [0, 0.05) is 24.3 Å². The molecule has 0 spiro atoms. The van der Waals surface area contributed by atoms with E-state index in [2.05, 4.69) is 5.32 Å². The van der Waals surface area contributed by atoms with Gasteiger partial charge < -0.3 is 24.4 Å². The highest BCUT2D eigenvalue weighted by molar-refractivity contribution is 5.92. The van der Waals surface area contributed by atoms with E-state index >= 15 is 0 Å². The molecule has 1 aliphatic rings. The highest BCUT2D eigenvalue weighted by atomic mass is 16.5. The van der Waals surface area contributed by atoms with Crippen molar-refractivity contribution in [3.8, 4) is 17.2 Å². The monoisotopic (exact) mass is 488 g/mol. The predicted molar refractivity (Wildman–Crippen MR) is 139 cm³/mol. The summed E-state index contributed by atoms with van der Waals surface area (Å²) in [7, 11) is 3.21. The highest BCUT2D eigenvalue weighted by Crippen LogP contribution is 2.31. The second-order valence-electron chi connectivity index (χ2n) is 8.75. The lowest BCUT2D eigenvalue weighted by Crippen LogP contribution is -2.40. The zero-order valence-corrected chi connectivity index (χ0v) is 21.0. The predicted octanol–water partition coefficient (Wildman–Crippen LogP) is 4.63. The third kappa shape index (κ3) is 5.97. The maximum Gasteiger partial charge on any atom is 0.263 e. The summed E-state index contributed by atoms with van der Waals surface area (Å²) < 4.78 is 16.8. The number of anilines is 1. The molecule has 3 aromatic carbocycles. The van der Waals surface area contributed by atoms with E-state index < -0.39 is 6.10 Å². The molecule has 3 aromatic rings. The molecule has 1 atom stereocenters. The molecule has 0 saturated heterocycles. The van der Waals surface area contributed by atoms with E-state index in [0.717, 1.165) is 16.7 Å². The van der Waals surface area contributed by atoms with E-state index in [9.17, 15) is 9.59 Å². The quantitative estimate of drug-likeness (QED) is 0.475. The summed E-state index contributed by atoms with van der Waals surface area (Å²) in [5, 5.41) is 2.97. The van der Waals surface area contributed by atoms with Crippen LogP contribution in [0.5, 0.6) is 17.2 Å². The Morgan fingerprint density at radius 2 is 1.78 bits per heavy atom. The number of carbonyl (C=O) groups is 2. The van der Waals surface area contributed by atoms with Crippen molar-refractivity contribution in [1.29, 1.82) is 0 Å². The molecule has 2 amide bonds. The summed E-state index contributed by atoms with van der Waals surface area (Å²) in [6.45, 7) is 2.87. The molecule has 1 heterocycles. The fourth-order valence-corrected chi connectivity index (χ4v) is 4.32. The van der Waals surface area contributed by atoms with Crippen LogP contribution in [0.25, 0.3) is 0 Å². The number of methoxy groups -OCH3 is 2. The van der Waals surface area contributed by atoms with Crippen LogP contribution in [0.2, 0.25) is 0 Å². The minimum atomic E-state index is -0.546. The molecule has 4 rings (SSSR count). The molecule has 36 heavy (non-hydrogen) atoms. The summed E-state index contributed by atoms with van der Waals surface area (Å²) in [6, 6.07) is 20.9. The van der Waals surface area contributed by atoms with Crippen molar-refractivity contribution >= 4 is 17.5 Å². The van der Waals surface area contributed by atoms with Crippen LogP contribution in [0.15, 0.2) is 66.7 Å². The van der Waals surface area contributed by atoms with Gasteiger partial charge in [-0.1, -0.05) is 43.3 Å². The second-order valence-corrected chi connectivity index (χ2v) is 8.75. The van der Waals surface area contributed by atoms with E-state index in [0.29, 0.717) is 55.3 Å². The topological polar surface area (TPSA) is 77.1 Å². The molecule has 0 bridgehead atoms. The zero-order valence-electron chi connectivity index (χ0n) is 21.0. The second kappa shape index (κ2) is 11.6. The molecule has 0 saturated carbocycles. The van der Waals surface area contributed by atoms with Crippen LogP contribution in [-0.4, -0.2) is 43.6 Å². The number of hydrogen-bond donors (Lipinski definition) is 1. The van der Waals surface area contributed by atoms with Crippen LogP contribution in [0.3, 0.4) is 0 Å². The van der Waals surface area contributed by atoms with E-state index in [1.807, 2.05) is 78.6 Å². The summed E-state index contributed by atoms with van der Waals surface area (Å²) in [6.07, 6.45) is 0.976. The number of amides is 2. The molecule has 1 N–H and O–H groups in total. The average Bonchev–Trinajstić information content (AvgIpc) is 3.03. The van der Waals surface area contributed by atoms with Gasteiger partial charge in [0.25, 0.3) is 5.91 Å². The lowest BCUT2D eigenvalue weighted by molar-refractivity contribution is -0.138. The van der Waals surface area contributed by atoms with Crippen LogP contribution in [0.1, 0.15) is 30.0 Å². The van der Waals surface area contributed by atoms with Crippen molar-refractivity contribution in [2.45, 2.75) is 38.8 Å². The van der Waals surface area contributed by atoms with Crippen molar-refractivity contribution in [1.82, 2.24) is 4.90 Å². The minimum Gasteiger partial charge on any atom is -0.493 e. The lowest BCUT2D eigenvalue weighted by atomic mass is 10.1. The van der Waals surface area contributed by atoms with Gasteiger partial charge in [0.15, 0.2) is 17.6 Å². The minimum absolute atomic E-state index is 0.0381. The van der Waals surface area contributed by atoms with E-state index in [1.54, 1.807) is 14.2 Å². The molecule has 0 aromatic heterocycles. The first-order chi connectivity index (χ1) is 17.5. The SMILES string of the molecule is CCC1Oc2ccc(NC(=O)Cc3ccccc3)cc2CN(CCc2ccc(OC)c(OC)c2)C1=O. The summed E-state index contributed by atoms with van der Waals surface area (Å²) in [4.78, 5) is 27.6. The first kappa shape index (κ1) is 25.1. The third-order valence-electron chi connectivity index (χ3n) is 6.26. The van der Waals surface area contributed by atoms with E-state index in [4.69, 9.17) is 14.2 Å². The van der Waals surface area contributed by atoms with Crippen molar-refractivity contribution in [3.05, 3.63) is 83.4 Å². The molecule has 1 unspecified atom stereocenters. The largest absolute Gasteiger partial charge is 0.493 e. The number of ether oxygens (including phenoxy) is 3. The number of rotatable bonds is 9. The number of benzene rings is 3. The highest BCUT2D eigenvalue weighted by Gasteiger charge is 2.30. The van der Waals surface area contributed by atoms with Gasteiger partial charge in [-0.25, -0.2) is 0 Å². The maximum absolute atomic E-state index is 13.2. The number of nitrogens with zero attached hydrogens (tertiary/aromatic N) is 1. The zero-order chi connectivity index (χ0) is 25.5. The van der Waals surface area contributed by atoms with Crippen LogP contribution in [0, 0.1) is 0 Å². The number of nitrogens with one attached hydrogen (secondary N) is 1. The fraction of sp³-hybridized carbons (Fsp3) is 0.310. The van der Waals surface area contributed by atoms with Gasteiger partial charge in [-0.05, 0) is 54.3 Å². The molecule has 1 aliphatic heterocycles. The Morgan fingerprint density at radius 1 is 1.00 bits per heavy atom. The van der Waals surface area contributed by atoms with Gasteiger partial charge in [0.2, 0.25) is 5.91 Å². The number of fused-ring (bicyclic) bond motifs is 1. The van der Waals surface area contributed by atoms with Gasteiger partial charge in [-0.3, -0.25) is 9.59 Å². The Balaban J connectivity index is 1.49. The van der Waals surface area contributed by atoms with Crippen LogP contribution >= 0.6 is 0 Å². The lowest BCUT2D eigenvalue weighted by Gasteiger charge is -2.23. The summed E-state index contributed by atoms with van der Waals surface area (Å²) in [5.41, 5.74) is 3.54. The Bertz CT molecular complexity index is 1210. The fourth-order valence-electron chi connectivity index (χ4n) is 4.32. The van der Waals surface area contributed by atoms with Gasteiger partial charge in [0.05, 0.1) is 20.6 Å². The molecule has 0 aliphatic carbocycles. The Kier molecular flexibility index (Phi) is 8.10. The van der Waals surface area contributed by atoms with Crippen molar-refractivity contribution in [3.63, 3.8) is 0 Å². The first-order valence-corrected chi connectivity index (χ1v) is 12.1. The summed E-state index contributed by atoms with van der Waals surface area (Å²) >= 11 is 0. The van der Waals surface area contributed by atoms with Crippen LogP contribution < -0.4 is 19.5 Å². The van der Waals surface area contributed by atoms with E-state index in [-0.39, 0.29) is 11.8 Å². The Hall–Kier alpha value is -4.00. The molecular formula is C29H32N2O5. The number of hydrogen-bond acceptors (Lipinski definition) is 5. The molecule has 7 nitrogen and oxygen atoms in total. The van der Waals surface area contributed by atoms with Gasteiger partial charge in [0.1, 0.15) is 5.75 Å². The first-order valence-electron chi connectivity index (χ1n) is 12.1. The summed E-state index contributed by atoms with van der Waals surface area (Å²) in [5.74, 6) is 1.87.